The molecule has 0 aliphatic carbocycles. The van der Waals surface area contributed by atoms with E-state index in [-0.39, 0.29) is 18.9 Å². The molecule has 0 spiro atoms. The van der Waals surface area contributed by atoms with Gasteiger partial charge < -0.3 is 20.1 Å². The van der Waals surface area contributed by atoms with E-state index in [4.69, 9.17) is 21.1 Å². The number of nitrogens with one attached hydrogen (secondary N) is 2. The monoisotopic (exact) mass is 284 g/mol. The summed E-state index contributed by atoms with van der Waals surface area (Å²) in [4.78, 5) is 11.8. The van der Waals surface area contributed by atoms with Crippen LogP contribution in [0, 0.1) is 0 Å². The molecule has 6 heteroatoms. The predicted octanol–water partition coefficient (Wildman–Crippen LogP) is 3.38. The average molecular weight is 285 g/mol. The highest BCUT2D eigenvalue weighted by atomic mass is 35.5. The molecule has 0 bridgehead atoms. The van der Waals surface area contributed by atoms with Crippen LogP contribution in [0.1, 0.15) is 26.7 Å². The molecule has 2 rings (SSSR count). The Balaban J connectivity index is 2.01. The number of anilines is 1. The van der Waals surface area contributed by atoms with E-state index in [1.165, 1.54) is 0 Å². The number of hydrogen-bond acceptors (Lipinski definition) is 3. The smallest absolute Gasteiger partial charge is 0.319 e. The predicted molar refractivity (Wildman–Crippen MR) is 74.1 cm³/mol. The molecule has 1 aliphatic rings. The zero-order chi connectivity index (χ0) is 13.8. The summed E-state index contributed by atoms with van der Waals surface area (Å²) in [5.74, 6) is 1.18. The van der Waals surface area contributed by atoms with Crippen LogP contribution in [0.25, 0.3) is 0 Å². The lowest BCUT2D eigenvalue weighted by Gasteiger charge is -2.14. The van der Waals surface area contributed by atoms with E-state index in [1.54, 1.807) is 12.1 Å². The Morgan fingerprint density at radius 2 is 2.11 bits per heavy atom. The Kier molecular flexibility index (Phi) is 4.37. The molecule has 0 radical (unpaired) electrons. The maximum atomic E-state index is 11.8. The number of amides is 2. The Morgan fingerprint density at radius 3 is 2.79 bits per heavy atom. The van der Waals surface area contributed by atoms with Crippen molar-refractivity contribution >= 4 is 23.3 Å². The highest BCUT2D eigenvalue weighted by Crippen LogP contribution is 2.39. The second-order valence-corrected chi connectivity index (χ2v) is 4.88. The molecule has 1 atom stereocenters. The molecule has 1 aromatic rings. The second kappa shape index (κ2) is 6.02. The van der Waals surface area contributed by atoms with Crippen molar-refractivity contribution in [3.05, 3.63) is 17.2 Å². The Hall–Kier alpha value is -1.62. The molecule has 1 heterocycles. The van der Waals surface area contributed by atoms with Crippen molar-refractivity contribution in [1.82, 2.24) is 5.32 Å². The highest BCUT2D eigenvalue weighted by Gasteiger charge is 2.17. The number of urea groups is 1. The molecule has 5 nitrogen and oxygen atoms in total. The van der Waals surface area contributed by atoms with E-state index in [2.05, 4.69) is 17.6 Å². The minimum absolute atomic E-state index is 0.123. The van der Waals surface area contributed by atoms with Gasteiger partial charge in [0.25, 0.3) is 0 Å². The van der Waals surface area contributed by atoms with Crippen molar-refractivity contribution < 1.29 is 14.3 Å². The summed E-state index contributed by atoms with van der Waals surface area (Å²) in [5, 5.41) is 5.97. The molecule has 104 valence electrons. The van der Waals surface area contributed by atoms with Crippen LogP contribution >= 0.6 is 11.6 Å². The molecule has 0 unspecified atom stereocenters. The molecular weight excluding hydrogens is 268 g/mol. The normalized spacial score (nSPS) is 14.1. The SMILES string of the molecule is CCC[C@@H](C)NC(=O)Nc1cc2c(cc1Cl)OCO2. The summed E-state index contributed by atoms with van der Waals surface area (Å²) in [6.45, 7) is 4.21. The lowest BCUT2D eigenvalue weighted by Crippen LogP contribution is -2.36. The van der Waals surface area contributed by atoms with Gasteiger partial charge in [0.1, 0.15) is 0 Å². The maximum Gasteiger partial charge on any atom is 0.319 e. The minimum Gasteiger partial charge on any atom is -0.454 e. The van der Waals surface area contributed by atoms with Gasteiger partial charge in [-0.1, -0.05) is 24.9 Å². The van der Waals surface area contributed by atoms with Crippen LogP contribution in [0.4, 0.5) is 10.5 Å². The first-order valence-corrected chi connectivity index (χ1v) is 6.64. The summed E-state index contributed by atoms with van der Waals surface area (Å²) in [6.07, 6.45) is 1.95. The average Bonchev–Trinajstić information content (AvgIpc) is 2.76. The molecule has 0 saturated carbocycles. The number of fused-ring (bicyclic) bond motifs is 1. The molecule has 0 saturated heterocycles. The van der Waals surface area contributed by atoms with Crippen molar-refractivity contribution in [3.63, 3.8) is 0 Å². The first-order valence-electron chi connectivity index (χ1n) is 6.26. The van der Waals surface area contributed by atoms with E-state index in [0.717, 1.165) is 12.8 Å². The molecule has 2 amide bonds. The Labute approximate surface area is 117 Å². The third kappa shape index (κ3) is 3.44. The lowest BCUT2D eigenvalue weighted by atomic mass is 10.2. The molecular formula is C13H17ClN2O3. The lowest BCUT2D eigenvalue weighted by molar-refractivity contribution is 0.174. The molecule has 1 aromatic carbocycles. The topological polar surface area (TPSA) is 59.6 Å². The van der Waals surface area contributed by atoms with Gasteiger partial charge >= 0.3 is 6.03 Å². The van der Waals surface area contributed by atoms with Crippen molar-refractivity contribution in [2.24, 2.45) is 0 Å². The summed E-state index contributed by atoms with van der Waals surface area (Å²) in [5.41, 5.74) is 0.507. The van der Waals surface area contributed by atoms with Crippen molar-refractivity contribution in [2.45, 2.75) is 32.7 Å². The minimum atomic E-state index is -0.276. The molecule has 0 aromatic heterocycles. The fourth-order valence-corrected chi connectivity index (χ4v) is 2.10. The standard InChI is InChI=1S/C13H17ClN2O3/c1-3-4-8(2)15-13(17)16-10-6-12-11(5-9(10)14)18-7-19-12/h5-6,8H,3-4,7H2,1-2H3,(H2,15,16,17)/t8-/m1/s1. The number of halogens is 1. The largest absolute Gasteiger partial charge is 0.454 e. The molecule has 19 heavy (non-hydrogen) atoms. The van der Waals surface area contributed by atoms with Crippen LogP contribution < -0.4 is 20.1 Å². The summed E-state index contributed by atoms with van der Waals surface area (Å²) in [7, 11) is 0. The Morgan fingerprint density at radius 1 is 1.42 bits per heavy atom. The highest BCUT2D eigenvalue weighted by molar-refractivity contribution is 6.34. The number of benzene rings is 1. The van der Waals surface area contributed by atoms with Gasteiger partial charge in [-0.05, 0) is 13.3 Å². The fourth-order valence-electron chi connectivity index (χ4n) is 1.90. The Bertz CT molecular complexity index is 479. The van der Waals surface area contributed by atoms with Crippen LogP contribution in [-0.4, -0.2) is 18.9 Å². The first kappa shape index (κ1) is 13.8. The van der Waals surface area contributed by atoms with Gasteiger partial charge in [-0.15, -0.1) is 0 Å². The summed E-state index contributed by atoms with van der Waals surface area (Å²) < 4.78 is 10.4. The van der Waals surface area contributed by atoms with Crippen LogP contribution in [-0.2, 0) is 0 Å². The number of ether oxygens (including phenoxy) is 2. The number of rotatable bonds is 4. The maximum absolute atomic E-state index is 11.8. The third-order valence-electron chi connectivity index (χ3n) is 2.81. The van der Waals surface area contributed by atoms with E-state index < -0.39 is 0 Å². The van der Waals surface area contributed by atoms with Gasteiger partial charge in [0, 0.05) is 18.2 Å². The fraction of sp³-hybridized carbons (Fsp3) is 0.462. The number of hydrogen-bond donors (Lipinski definition) is 2. The van der Waals surface area contributed by atoms with Gasteiger partial charge in [-0.25, -0.2) is 4.79 Å². The van der Waals surface area contributed by atoms with E-state index in [9.17, 15) is 4.79 Å². The van der Waals surface area contributed by atoms with E-state index in [1.807, 2.05) is 6.92 Å². The van der Waals surface area contributed by atoms with Gasteiger partial charge in [0.05, 0.1) is 10.7 Å². The zero-order valence-corrected chi connectivity index (χ0v) is 11.7. The van der Waals surface area contributed by atoms with Crippen molar-refractivity contribution in [2.75, 3.05) is 12.1 Å². The van der Waals surface area contributed by atoms with Crippen LogP contribution in [0.3, 0.4) is 0 Å². The number of carbonyl (C=O) groups is 1. The first-order chi connectivity index (χ1) is 9.10. The van der Waals surface area contributed by atoms with Crippen LogP contribution in [0.5, 0.6) is 11.5 Å². The molecule has 1 aliphatic heterocycles. The second-order valence-electron chi connectivity index (χ2n) is 4.47. The van der Waals surface area contributed by atoms with Gasteiger partial charge in [0.2, 0.25) is 6.79 Å². The van der Waals surface area contributed by atoms with Crippen molar-refractivity contribution in [3.8, 4) is 11.5 Å². The summed E-state index contributed by atoms with van der Waals surface area (Å²) >= 11 is 6.07. The third-order valence-corrected chi connectivity index (χ3v) is 3.12. The zero-order valence-electron chi connectivity index (χ0n) is 11.0. The molecule has 0 fully saturated rings. The van der Waals surface area contributed by atoms with Crippen molar-refractivity contribution in [1.29, 1.82) is 0 Å². The van der Waals surface area contributed by atoms with Crippen LogP contribution in [0.2, 0.25) is 5.02 Å². The van der Waals surface area contributed by atoms with E-state index >= 15 is 0 Å². The summed E-state index contributed by atoms with van der Waals surface area (Å²) in [6, 6.07) is 3.14. The van der Waals surface area contributed by atoms with Gasteiger partial charge in [-0.2, -0.15) is 0 Å². The van der Waals surface area contributed by atoms with Gasteiger partial charge in [-0.3, -0.25) is 0 Å². The van der Waals surface area contributed by atoms with Crippen LogP contribution in [0.15, 0.2) is 12.1 Å². The molecule has 2 N–H and O–H groups in total. The van der Waals surface area contributed by atoms with Gasteiger partial charge in [0.15, 0.2) is 11.5 Å². The number of carbonyl (C=O) groups excluding carboxylic acids is 1. The quantitative estimate of drug-likeness (QED) is 0.891. The van der Waals surface area contributed by atoms with E-state index in [0.29, 0.717) is 22.2 Å².